The lowest BCUT2D eigenvalue weighted by atomic mass is 9.94. The number of nitrogens with zero attached hydrogens (tertiary/aromatic N) is 1. The molecule has 1 amide bonds. The zero-order valence-electron chi connectivity index (χ0n) is 17.5. The molecule has 1 aliphatic heterocycles. The quantitative estimate of drug-likeness (QED) is 0.352. The van der Waals surface area contributed by atoms with Crippen molar-refractivity contribution in [2.75, 3.05) is 20.8 Å². The van der Waals surface area contributed by atoms with E-state index in [4.69, 9.17) is 26.2 Å². The fourth-order valence-electron chi connectivity index (χ4n) is 3.64. The molecule has 1 saturated heterocycles. The Morgan fingerprint density at radius 1 is 1.06 bits per heavy atom. The Morgan fingerprint density at radius 3 is 2.34 bits per heavy atom. The molecule has 0 aromatic heterocycles. The first-order valence-electron chi connectivity index (χ1n) is 9.76. The Hall–Kier alpha value is -3.52. The van der Waals surface area contributed by atoms with Crippen LogP contribution in [0.5, 0.6) is 11.5 Å². The smallest absolute Gasteiger partial charge is 0.303 e. The summed E-state index contributed by atoms with van der Waals surface area (Å²) in [6.07, 6.45) is -0.0367. The summed E-state index contributed by atoms with van der Waals surface area (Å²) in [5.74, 6) is -2.21. The van der Waals surface area contributed by atoms with Gasteiger partial charge in [-0.05, 0) is 42.8 Å². The van der Waals surface area contributed by atoms with E-state index >= 15 is 0 Å². The monoisotopic (exact) mass is 459 g/mol. The molecule has 9 heteroatoms. The maximum atomic E-state index is 13.0. The van der Waals surface area contributed by atoms with Gasteiger partial charge < -0.3 is 24.6 Å². The zero-order chi connectivity index (χ0) is 23.4. The number of benzene rings is 2. The molecular formula is C23H22ClNO7. The Bertz CT molecular complexity index is 1080. The fraction of sp³-hybridized carbons (Fsp3) is 0.261. The normalized spacial score (nSPS) is 17.5. The van der Waals surface area contributed by atoms with Crippen LogP contribution in [-0.4, -0.2) is 53.5 Å². The van der Waals surface area contributed by atoms with Crippen LogP contribution in [0.1, 0.15) is 30.0 Å². The minimum absolute atomic E-state index is 0.00806. The number of aliphatic hydroxyl groups excluding tert-OH is 1. The van der Waals surface area contributed by atoms with Gasteiger partial charge in [0.05, 0.1) is 25.8 Å². The van der Waals surface area contributed by atoms with Gasteiger partial charge >= 0.3 is 5.97 Å². The predicted molar refractivity (Wildman–Crippen MR) is 117 cm³/mol. The van der Waals surface area contributed by atoms with Crippen LogP contribution < -0.4 is 9.47 Å². The molecule has 1 fully saturated rings. The number of likely N-dealkylation sites (tertiary alicyclic amines) is 1. The predicted octanol–water partition coefficient (Wildman–Crippen LogP) is 3.64. The van der Waals surface area contributed by atoms with Crippen molar-refractivity contribution in [3.63, 3.8) is 0 Å². The Kier molecular flexibility index (Phi) is 7.05. The fourth-order valence-corrected chi connectivity index (χ4v) is 3.77. The molecule has 0 unspecified atom stereocenters. The van der Waals surface area contributed by atoms with E-state index in [1.165, 1.54) is 31.3 Å². The lowest BCUT2D eigenvalue weighted by molar-refractivity contribution is -0.140. The largest absolute Gasteiger partial charge is 0.507 e. The Balaban J connectivity index is 2.17. The highest BCUT2D eigenvalue weighted by molar-refractivity contribution is 6.46. The van der Waals surface area contributed by atoms with Crippen LogP contribution in [0.3, 0.4) is 0 Å². The molecule has 0 bridgehead atoms. The van der Waals surface area contributed by atoms with Crippen LogP contribution >= 0.6 is 11.6 Å². The van der Waals surface area contributed by atoms with E-state index in [1.54, 1.807) is 30.3 Å². The first-order chi connectivity index (χ1) is 15.3. The van der Waals surface area contributed by atoms with Crippen molar-refractivity contribution in [2.24, 2.45) is 0 Å². The zero-order valence-corrected chi connectivity index (χ0v) is 18.3. The third-order valence-electron chi connectivity index (χ3n) is 5.18. The van der Waals surface area contributed by atoms with Crippen LogP contribution in [-0.2, 0) is 14.4 Å². The van der Waals surface area contributed by atoms with E-state index in [2.05, 4.69) is 0 Å². The van der Waals surface area contributed by atoms with Gasteiger partial charge in [0.2, 0.25) is 0 Å². The van der Waals surface area contributed by atoms with Crippen molar-refractivity contribution in [3.8, 4) is 11.5 Å². The molecule has 0 saturated carbocycles. The SMILES string of the molecule is COc1ccc([C@H]2/C(=C(\O)c3ccc(Cl)cc3)C(=O)C(=O)N2CCCC(=O)O)c(OC)c1. The molecule has 1 aliphatic rings. The number of amides is 1. The minimum Gasteiger partial charge on any atom is -0.507 e. The summed E-state index contributed by atoms with van der Waals surface area (Å²) >= 11 is 5.92. The molecule has 32 heavy (non-hydrogen) atoms. The first-order valence-corrected chi connectivity index (χ1v) is 10.1. The van der Waals surface area contributed by atoms with Crippen LogP contribution in [0.2, 0.25) is 5.02 Å². The number of carbonyl (C=O) groups excluding carboxylic acids is 2. The number of ketones is 1. The molecule has 1 heterocycles. The highest BCUT2D eigenvalue weighted by Crippen LogP contribution is 2.43. The summed E-state index contributed by atoms with van der Waals surface area (Å²) < 4.78 is 10.7. The van der Waals surface area contributed by atoms with Crippen molar-refractivity contribution >= 4 is 35.0 Å². The van der Waals surface area contributed by atoms with Crippen molar-refractivity contribution in [1.82, 2.24) is 4.90 Å². The van der Waals surface area contributed by atoms with Gasteiger partial charge in [0.15, 0.2) is 0 Å². The lowest BCUT2D eigenvalue weighted by Gasteiger charge is -2.26. The van der Waals surface area contributed by atoms with Crippen molar-refractivity contribution in [1.29, 1.82) is 0 Å². The second-order valence-corrected chi connectivity index (χ2v) is 7.54. The third kappa shape index (κ3) is 4.55. The molecule has 3 rings (SSSR count). The number of carbonyl (C=O) groups is 3. The standard InChI is InChI=1S/C23H22ClNO7/c1-31-15-9-10-16(17(12-15)32-2)20-19(21(28)13-5-7-14(24)8-6-13)22(29)23(30)25(20)11-3-4-18(26)27/h5-10,12,20,28H,3-4,11H2,1-2H3,(H,26,27)/b21-19+/t20-/m0/s1. The second-order valence-electron chi connectivity index (χ2n) is 7.10. The van der Waals surface area contributed by atoms with E-state index in [9.17, 15) is 19.5 Å². The second kappa shape index (κ2) is 9.74. The third-order valence-corrected chi connectivity index (χ3v) is 5.43. The van der Waals surface area contributed by atoms with Crippen LogP contribution in [0.15, 0.2) is 48.0 Å². The number of rotatable bonds is 8. The molecule has 0 spiro atoms. The topological polar surface area (TPSA) is 113 Å². The number of hydrogen-bond acceptors (Lipinski definition) is 6. The van der Waals surface area contributed by atoms with Gasteiger partial charge in [0.25, 0.3) is 11.7 Å². The average molecular weight is 460 g/mol. The van der Waals surface area contributed by atoms with Gasteiger partial charge in [-0.15, -0.1) is 0 Å². The number of Topliss-reactive ketones (excluding diaryl/α,β-unsaturated/α-hetero) is 1. The van der Waals surface area contributed by atoms with E-state index in [1.807, 2.05) is 0 Å². The summed E-state index contributed by atoms with van der Waals surface area (Å²) in [5, 5.41) is 20.4. The van der Waals surface area contributed by atoms with Crippen LogP contribution in [0.4, 0.5) is 0 Å². The average Bonchev–Trinajstić information content (AvgIpc) is 3.03. The molecular weight excluding hydrogens is 438 g/mol. The van der Waals surface area contributed by atoms with Crippen molar-refractivity contribution in [3.05, 3.63) is 64.2 Å². The Morgan fingerprint density at radius 2 is 1.75 bits per heavy atom. The number of methoxy groups -OCH3 is 2. The molecule has 0 aliphatic carbocycles. The van der Waals surface area contributed by atoms with Crippen molar-refractivity contribution in [2.45, 2.75) is 18.9 Å². The summed E-state index contributed by atoms with van der Waals surface area (Å²) in [5.41, 5.74) is 0.657. The van der Waals surface area contributed by atoms with E-state index in [0.717, 1.165) is 0 Å². The van der Waals surface area contributed by atoms with Gasteiger partial charge in [-0.1, -0.05) is 11.6 Å². The lowest BCUT2D eigenvalue weighted by Crippen LogP contribution is -2.31. The van der Waals surface area contributed by atoms with Gasteiger partial charge in [0.1, 0.15) is 17.3 Å². The molecule has 168 valence electrons. The molecule has 8 nitrogen and oxygen atoms in total. The van der Waals surface area contributed by atoms with Crippen LogP contribution in [0.25, 0.3) is 5.76 Å². The number of hydrogen-bond donors (Lipinski definition) is 2. The number of ether oxygens (including phenoxy) is 2. The highest BCUT2D eigenvalue weighted by Gasteiger charge is 2.46. The number of carboxylic acids is 1. The van der Waals surface area contributed by atoms with E-state index in [0.29, 0.717) is 27.6 Å². The molecule has 2 N–H and O–H groups in total. The summed E-state index contributed by atoms with van der Waals surface area (Å²) in [6, 6.07) is 10.1. The molecule has 2 aromatic carbocycles. The number of carboxylic acid groups (broad SMARTS) is 1. The summed E-state index contributed by atoms with van der Waals surface area (Å²) in [4.78, 5) is 38.1. The molecule has 0 radical (unpaired) electrons. The van der Waals surface area contributed by atoms with E-state index in [-0.39, 0.29) is 30.7 Å². The number of aliphatic carboxylic acids is 1. The highest BCUT2D eigenvalue weighted by atomic mass is 35.5. The summed E-state index contributed by atoms with van der Waals surface area (Å²) in [6.45, 7) is 0.00806. The van der Waals surface area contributed by atoms with Crippen LogP contribution in [0, 0.1) is 0 Å². The number of halogens is 1. The van der Waals surface area contributed by atoms with E-state index < -0.39 is 23.7 Å². The molecule has 2 aromatic rings. The van der Waals surface area contributed by atoms with Gasteiger partial charge in [0, 0.05) is 35.2 Å². The maximum absolute atomic E-state index is 13.0. The van der Waals surface area contributed by atoms with Crippen molar-refractivity contribution < 1.29 is 34.1 Å². The minimum atomic E-state index is -1.01. The maximum Gasteiger partial charge on any atom is 0.303 e. The Labute approximate surface area is 189 Å². The molecule has 1 atom stereocenters. The van der Waals surface area contributed by atoms with Gasteiger partial charge in [-0.25, -0.2) is 0 Å². The van der Waals surface area contributed by atoms with Gasteiger partial charge in [-0.3, -0.25) is 14.4 Å². The number of aliphatic hydroxyl groups is 1. The first kappa shape index (κ1) is 23.1. The summed E-state index contributed by atoms with van der Waals surface area (Å²) in [7, 11) is 2.93. The van der Waals surface area contributed by atoms with Gasteiger partial charge in [-0.2, -0.15) is 0 Å².